The summed E-state index contributed by atoms with van der Waals surface area (Å²) >= 11 is 0. The van der Waals surface area contributed by atoms with E-state index in [4.69, 9.17) is 0 Å². The Labute approximate surface area is 106 Å². The van der Waals surface area contributed by atoms with Crippen molar-refractivity contribution in [3.8, 4) is 0 Å². The summed E-state index contributed by atoms with van der Waals surface area (Å²) in [5, 5.41) is 6.46. The van der Waals surface area contributed by atoms with E-state index in [0.29, 0.717) is 18.3 Å². The molecule has 1 saturated heterocycles. The molecule has 1 rings (SSSR count). The maximum Gasteiger partial charge on any atom is 0.220 e. The van der Waals surface area contributed by atoms with Crippen LogP contribution >= 0.6 is 0 Å². The van der Waals surface area contributed by atoms with Gasteiger partial charge in [-0.15, -0.1) is 0 Å². The summed E-state index contributed by atoms with van der Waals surface area (Å²) in [6.45, 7) is 9.62. The smallest absolute Gasteiger partial charge is 0.220 e. The molecule has 0 aliphatic carbocycles. The van der Waals surface area contributed by atoms with Crippen molar-refractivity contribution in [1.82, 2.24) is 10.6 Å². The zero-order chi connectivity index (χ0) is 12.7. The summed E-state index contributed by atoms with van der Waals surface area (Å²) < 4.78 is 0. The van der Waals surface area contributed by atoms with Gasteiger partial charge in [0, 0.05) is 13.0 Å². The van der Waals surface area contributed by atoms with Gasteiger partial charge in [0.15, 0.2) is 0 Å². The van der Waals surface area contributed by atoms with Crippen LogP contribution in [0.5, 0.6) is 0 Å². The molecule has 2 N–H and O–H groups in total. The molecule has 1 amide bonds. The van der Waals surface area contributed by atoms with Gasteiger partial charge in [0.1, 0.15) is 0 Å². The number of carbonyl (C=O) groups excluding carboxylic acids is 1. The second-order valence-electron chi connectivity index (χ2n) is 5.78. The molecular formula is C14H28N2O. The molecular weight excluding hydrogens is 212 g/mol. The Hall–Kier alpha value is -0.570. The van der Waals surface area contributed by atoms with Gasteiger partial charge >= 0.3 is 0 Å². The lowest BCUT2D eigenvalue weighted by Gasteiger charge is -2.23. The normalized spacial score (nSPS) is 22.5. The first kappa shape index (κ1) is 14.5. The van der Waals surface area contributed by atoms with Crippen LogP contribution in [0.25, 0.3) is 0 Å². The van der Waals surface area contributed by atoms with Crippen molar-refractivity contribution in [3.63, 3.8) is 0 Å². The first-order valence-electron chi connectivity index (χ1n) is 7.07. The molecule has 0 radical (unpaired) electrons. The Bertz CT molecular complexity index is 222. The molecule has 0 bridgehead atoms. The quantitative estimate of drug-likeness (QED) is 0.747. The van der Waals surface area contributed by atoms with Crippen molar-refractivity contribution in [2.45, 2.75) is 46.5 Å². The molecule has 0 aromatic rings. The number of hydrogen-bond donors (Lipinski definition) is 2. The highest BCUT2D eigenvalue weighted by Gasteiger charge is 2.14. The highest BCUT2D eigenvalue weighted by atomic mass is 16.1. The maximum absolute atomic E-state index is 11.7. The summed E-state index contributed by atoms with van der Waals surface area (Å²) in [7, 11) is 0. The molecule has 100 valence electrons. The van der Waals surface area contributed by atoms with Crippen LogP contribution in [0.1, 0.15) is 46.5 Å². The summed E-state index contributed by atoms with van der Waals surface area (Å²) in [6, 6.07) is 0. The summed E-state index contributed by atoms with van der Waals surface area (Å²) in [6.07, 6.45) is 4.38. The molecule has 3 nitrogen and oxygen atoms in total. The van der Waals surface area contributed by atoms with E-state index in [1.54, 1.807) is 0 Å². The monoisotopic (exact) mass is 240 g/mol. The zero-order valence-electron chi connectivity index (χ0n) is 11.6. The van der Waals surface area contributed by atoms with E-state index in [1.807, 2.05) is 0 Å². The predicted octanol–water partition coefficient (Wildman–Crippen LogP) is 2.17. The third-order valence-electron chi connectivity index (χ3n) is 3.92. The lowest BCUT2D eigenvalue weighted by Crippen LogP contribution is -2.33. The molecule has 0 saturated carbocycles. The van der Waals surface area contributed by atoms with Crippen molar-refractivity contribution in [3.05, 3.63) is 0 Å². The van der Waals surface area contributed by atoms with Gasteiger partial charge in [-0.3, -0.25) is 4.79 Å². The van der Waals surface area contributed by atoms with Gasteiger partial charge in [0.25, 0.3) is 0 Å². The van der Waals surface area contributed by atoms with E-state index in [-0.39, 0.29) is 5.91 Å². The van der Waals surface area contributed by atoms with Gasteiger partial charge in [-0.25, -0.2) is 0 Å². The molecule has 0 aromatic heterocycles. The highest BCUT2D eigenvalue weighted by Crippen LogP contribution is 2.14. The molecule has 1 fully saturated rings. The standard InChI is InChI=1S/C14H28N2O/c1-11(2)12(3)9-14(17)16-8-6-13-5-4-7-15-10-13/h11-13,15H,4-10H2,1-3H3,(H,16,17). The predicted molar refractivity (Wildman–Crippen MR) is 71.8 cm³/mol. The summed E-state index contributed by atoms with van der Waals surface area (Å²) in [4.78, 5) is 11.7. The van der Waals surface area contributed by atoms with Crippen LogP contribution in [-0.4, -0.2) is 25.5 Å². The van der Waals surface area contributed by atoms with Gasteiger partial charge in [-0.05, 0) is 50.1 Å². The minimum Gasteiger partial charge on any atom is -0.356 e. The van der Waals surface area contributed by atoms with E-state index in [0.717, 1.165) is 32.0 Å². The molecule has 0 spiro atoms. The average Bonchev–Trinajstić information content (AvgIpc) is 2.30. The van der Waals surface area contributed by atoms with E-state index < -0.39 is 0 Å². The number of rotatable bonds is 6. The first-order valence-corrected chi connectivity index (χ1v) is 7.07. The molecule has 1 aliphatic rings. The van der Waals surface area contributed by atoms with Crippen LogP contribution in [0.4, 0.5) is 0 Å². The molecule has 17 heavy (non-hydrogen) atoms. The van der Waals surface area contributed by atoms with Crippen LogP contribution in [0.3, 0.4) is 0 Å². The van der Waals surface area contributed by atoms with Crippen LogP contribution < -0.4 is 10.6 Å². The lowest BCUT2D eigenvalue weighted by atomic mass is 9.94. The van der Waals surface area contributed by atoms with Gasteiger partial charge < -0.3 is 10.6 Å². The SMILES string of the molecule is CC(C)C(C)CC(=O)NCCC1CCCNC1. The third kappa shape index (κ3) is 6.06. The highest BCUT2D eigenvalue weighted by molar-refractivity contribution is 5.76. The van der Waals surface area contributed by atoms with Gasteiger partial charge in [0.05, 0.1) is 0 Å². The van der Waals surface area contributed by atoms with Crippen molar-refractivity contribution in [2.75, 3.05) is 19.6 Å². The average molecular weight is 240 g/mol. The van der Waals surface area contributed by atoms with Gasteiger partial charge in [-0.2, -0.15) is 0 Å². The largest absolute Gasteiger partial charge is 0.356 e. The van der Waals surface area contributed by atoms with Crippen LogP contribution in [0.15, 0.2) is 0 Å². The fraction of sp³-hybridized carbons (Fsp3) is 0.929. The minimum absolute atomic E-state index is 0.218. The topological polar surface area (TPSA) is 41.1 Å². The first-order chi connectivity index (χ1) is 8.09. The number of carbonyl (C=O) groups is 1. The number of piperidine rings is 1. The molecule has 0 aromatic carbocycles. The molecule has 3 heteroatoms. The van der Waals surface area contributed by atoms with Crippen molar-refractivity contribution in [1.29, 1.82) is 0 Å². The molecule has 1 heterocycles. The Morgan fingerprint density at radius 3 is 2.76 bits per heavy atom. The summed E-state index contributed by atoms with van der Waals surface area (Å²) in [5.74, 6) is 2.04. The molecule has 1 aliphatic heterocycles. The summed E-state index contributed by atoms with van der Waals surface area (Å²) in [5.41, 5.74) is 0. The Morgan fingerprint density at radius 2 is 2.18 bits per heavy atom. The second-order valence-corrected chi connectivity index (χ2v) is 5.78. The number of amides is 1. The third-order valence-corrected chi connectivity index (χ3v) is 3.92. The van der Waals surface area contributed by atoms with E-state index in [2.05, 4.69) is 31.4 Å². The van der Waals surface area contributed by atoms with Crippen LogP contribution in [-0.2, 0) is 4.79 Å². The van der Waals surface area contributed by atoms with E-state index >= 15 is 0 Å². The Balaban J connectivity index is 2.07. The molecule has 2 unspecified atom stereocenters. The van der Waals surface area contributed by atoms with E-state index in [9.17, 15) is 4.79 Å². The van der Waals surface area contributed by atoms with Crippen LogP contribution in [0.2, 0.25) is 0 Å². The lowest BCUT2D eigenvalue weighted by molar-refractivity contribution is -0.122. The molecule has 2 atom stereocenters. The Morgan fingerprint density at radius 1 is 1.41 bits per heavy atom. The van der Waals surface area contributed by atoms with Crippen molar-refractivity contribution >= 4 is 5.91 Å². The van der Waals surface area contributed by atoms with E-state index in [1.165, 1.54) is 12.8 Å². The Kier molecular flexibility index (Phi) is 6.56. The number of hydrogen-bond acceptors (Lipinski definition) is 2. The minimum atomic E-state index is 0.218. The van der Waals surface area contributed by atoms with Crippen molar-refractivity contribution < 1.29 is 4.79 Å². The zero-order valence-corrected chi connectivity index (χ0v) is 11.6. The number of nitrogens with one attached hydrogen (secondary N) is 2. The van der Waals surface area contributed by atoms with Gasteiger partial charge in [-0.1, -0.05) is 20.8 Å². The maximum atomic E-state index is 11.7. The van der Waals surface area contributed by atoms with Crippen molar-refractivity contribution in [2.24, 2.45) is 17.8 Å². The van der Waals surface area contributed by atoms with Gasteiger partial charge in [0.2, 0.25) is 5.91 Å². The van der Waals surface area contributed by atoms with Crippen LogP contribution in [0, 0.1) is 17.8 Å². The second kappa shape index (κ2) is 7.70. The fourth-order valence-electron chi connectivity index (χ4n) is 2.19. The fourth-order valence-corrected chi connectivity index (χ4v) is 2.19.